The first kappa shape index (κ1) is 17.6. The number of halogens is 3. The maximum absolute atomic E-state index is 12.9. The summed E-state index contributed by atoms with van der Waals surface area (Å²) in [6.45, 7) is 4.91. The van der Waals surface area contributed by atoms with Gasteiger partial charge in [0.15, 0.2) is 5.65 Å². The fourth-order valence-electron chi connectivity index (χ4n) is 3.31. The molecule has 0 amide bonds. The van der Waals surface area contributed by atoms with Crippen LogP contribution in [-0.4, -0.2) is 46.2 Å². The quantitative estimate of drug-likeness (QED) is 0.640. The topological polar surface area (TPSA) is 77.1 Å². The molecular weight excluding hydrogens is 359 g/mol. The van der Waals surface area contributed by atoms with Gasteiger partial charge in [-0.2, -0.15) is 18.2 Å². The number of hydrogen-bond acceptors (Lipinski definition) is 5. The zero-order valence-electron chi connectivity index (χ0n) is 14.6. The summed E-state index contributed by atoms with van der Waals surface area (Å²) in [5, 5.41) is 13.5. The number of fused-ring (bicyclic) bond motifs is 1. The second-order valence-corrected chi connectivity index (χ2v) is 6.55. The van der Waals surface area contributed by atoms with Gasteiger partial charge in [0.05, 0.1) is 16.8 Å². The maximum atomic E-state index is 12.9. The summed E-state index contributed by atoms with van der Waals surface area (Å²) in [6.07, 6.45) is -4.52. The Kier molecular flexibility index (Phi) is 4.18. The van der Waals surface area contributed by atoms with E-state index in [1.54, 1.807) is 12.1 Å². The Morgan fingerprint density at radius 1 is 1.11 bits per heavy atom. The number of aromatic amines is 1. The van der Waals surface area contributed by atoms with Crippen LogP contribution < -0.4 is 10.2 Å². The molecule has 3 N–H and O–H groups in total. The van der Waals surface area contributed by atoms with E-state index in [1.807, 2.05) is 0 Å². The third kappa shape index (κ3) is 3.30. The van der Waals surface area contributed by atoms with Crippen molar-refractivity contribution in [1.82, 2.24) is 20.3 Å². The number of phenols is 1. The fourth-order valence-corrected chi connectivity index (χ4v) is 3.31. The summed E-state index contributed by atoms with van der Waals surface area (Å²) in [6, 6.07) is 5.17. The minimum atomic E-state index is -4.52. The number of hydrogen-bond donors (Lipinski definition) is 3. The smallest absolute Gasteiger partial charge is 0.416 e. The molecule has 0 aliphatic carbocycles. The van der Waals surface area contributed by atoms with Gasteiger partial charge in [-0.3, -0.25) is 0 Å². The van der Waals surface area contributed by atoms with E-state index in [-0.39, 0.29) is 5.56 Å². The van der Waals surface area contributed by atoms with Crippen molar-refractivity contribution in [2.45, 2.75) is 13.1 Å². The third-order valence-corrected chi connectivity index (χ3v) is 4.65. The highest BCUT2D eigenvalue weighted by molar-refractivity contribution is 5.80. The first-order valence-electron chi connectivity index (χ1n) is 8.56. The summed E-state index contributed by atoms with van der Waals surface area (Å²) in [7, 11) is 0. The third-order valence-electron chi connectivity index (χ3n) is 4.65. The number of phenolic OH excluding ortho intramolecular Hbond substituents is 1. The molecule has 3 aromatic rings. The minimum Gasteiger partial charge on any atom is -0.507 e. The van der Waals surface area contributed by atoms with E-state index in [0.29, 0.717) is 22.9 Å². The molecule has 4 rings (SSSR count). The largest absolute Gasteiger partial charge is 0.507 e. The highest BCUT2D eigenvalue weighted by atomic mass is 19.4. The fraction of sp³-hybridized carbons (Fsp3) is 0.333. The summed E-state index contributed by atoms with van der Waals surface area (Å²) >= 11 is 0. The van der Waals surface area contributed by atoms with Crippen LogP contribution in [0.5, 0.6) is 5.75 Å². The van der Waals surface area contributed by atoms with Crippen LogP contribution in [0.25, 0.3) is 22.4 Å². The predicted octanol–water partition coefficient (Wildman–Crippen LogP) is 3.07. The number of pyridine rings is 1. The Morgan fingerprint density at radius 2 is 1.85 bits per heavy atom. The van der Waals surface area contributed by atoms with E-state index in [1.165, 1.54) is 6.92 Å². The second-order valence-electron chi connectivity index (χ2n) is 6.55. The van der Waals surface area contributed by atoms with Crippen LogP contribution in [0.4, 0.5) is 19.1 Å². The molecule has 1 aliphatic rings. The molecule has 0 atom stereocenters. The van der Waals surface area contributed by atoms with Crippen LogP contribution in [-0.2, 0) is 6.18 Å². The summed E-state index contributed by atoms with van der Waals surface area (Å²) in [5.74, 6) is 0.261. The van der Waals surface area contributed by atoms with Crippen LogP contribution in [0, 0.1) is 6.92 Å². The lowest BCUT2D eigenvalue weighted by molar-refractivity contribution is -0.137. The Labute approximate surface area is 153 Å². The normalized spacial score (nSPS) is 15.5. The number of imidazole rings is 1. The number of alkyl halides is 3. The van der Waals surface area contributed by atoms with Gasteiger partial charge >= 0.3 is 6.18 Å². The Hall–Kier alpha value is -2.81. The van der Waals surface area contributed by atoms with Crippen molar-refractivity contribution in [2.75, 3.05) is 31.1 Å². The summed E-state index contributed by atoms with van der Waals surface area (Å²) in [5.41, 5.74) is 1.26. The second kappa shape index (κ2) is 6.41. The summed E-state index contributed by atoms with van der Waals surface area (Å²) in [4.78, 5) is 14.3. The number of H-pyrrole nitrogens is 1. The zero-order valence-corrected chi connectivity index (χ0v) is 14.6. The molecule has 0 bridgehead atoms. The monoisotopic (exact) mass is 377 g/mol. The van der Waals surface area contributed by atoms with Crippen LogP contribution >= 0.6 is 0 Å². The predicted molar refractivity (Wildman–Crippen MR) is 95.8 cm³/mol. The number of nitrogens with zero attached hydrogens (tertiary/aromatic N) is 3. The van der Waals surface area contributed by atoms with Gasteiger partial charge in [0.2, 0.25) is 5.95 Å². The van der Waals surface area contributed by atoms with Gasteiger partial charge < -0.3 is 20.3 Å². The summed E-state index contributed by atoms with van der Waals surface area (Å²) < 4.78 is 38.8. The highest BCUT2D eigenvalue weighted by Gasteiger charge is 2.32. The minimum absolute atomic E-state index is 0.275. The lowest BCUT2D eigenvalue weighted by Gasteiger charge is -2.26. The number of nitrogens with one attached hydrogen (secondary N) is 2. The van der Waals surface area contributed by atoms with Gasteiger partial charge in [-0.25, -0.2) is 4.98 Å². The van der Waals surface area contributed by atoms with Gasteiger partial charge in [-0.15, -0.1) is 0 Å². The molecule has 9 heteroatoms. The zero-order chi connectivity index (χ0) is 19.2. The molecule has 142 valence electrons. The Balaban J connectivity index is 1.74. The van der Waals surface area contributed by atoms with Crippen LogP contribution in [0.15, 0.2) is 24.3 Å². The number of benzene rings is 1. The molecule has 0 spiro atoms. The van der Waals surface area contributed by atoms with Crippen molar-refractivity contribution in [3.63, 3.8) is 0 Å². The molecule has 1 saturated heterocycles. The molecule has 1 aliphatic heterocycles. The first-order chi connectivity index (χ1) is 12.8. The number of rotatable bonds is 2. The van der Waals surface area contributed by atoms with E-state index in [2.05, 4.69) is 25.2 Å². The van der Waals surface area contributed by atoms with Gasteiger partial charge in [0, 0.05) is 31.7 Å². The van der Waals surface area contributed by atoms with Crippen molar-refractivity contribution in [1.29, 1.82) is 0 Å². The molecule has 0 radical (unpaired) electrons. The molecule has 0 unspecified atom stereocenters. The number of aryl methyl sites for hydroxylation is 1. The number of aromatic hydroxyl groups is 1. The average Bonchev–Trinajstić information content (AvgIpc) is 3.04. The van der Waals surface area contributed by atoms with Gasteiger partial charge in [-0.1, -0.05) is 0 Å². The molecule has 27 heavy (non-hydrogen) atoms. The van der Waals surface area contributed by atoms with Crippen LogP contribution in [0.1, 0.15) is 11.1 Å². The van der Waals surface area contributed by atoms with Crippen LogP contribution in [0.3, 0.4) is 0 Å². The van der Waals surface area contributed by atoms with Crippen molar-refractivity contribution < 1.29 is 18.3 Å². The molecule has 1 aromatic carbocycles. The molecule has 3 heterocycles. The van der Waals surface area contributed by atoms with Gasteiger partial charge in [0.25, 0.3) is 0 Å². The van der Waals surface area contributed by atoms with E-state index < -0.39 is 17.5 Å². The standard InChI is InChI=1S/C18H18F3N5O/c1-10-8-11(18(19,20)21)9-14(27)15(10)12-2-3-13-16(23-12)25-17(24-13)26-6-4-22-5-7-26/h2-3,8-9,22,27H,4-7H2,1H3,(H,23,24,25). The van der Waals surface area contributed by atoms with E-state index in [4.69, 9.17) is 0 Å². The van der Waals surface area contributed by atoms with E-state index >= 15 is 0 Å². The molecule has 6 nitrogen and oxygen atoms in total. The molecule has 2 aromatic heterocycles. The highest BCUT2D eigenvalue weighted by Crippen LogP contribution is 2.38. The van der Waals surface area contributed by atoms with Crippen LogP contribution in [0.2, 0.25) is 0 Å². The maximum Gasteiger partial charge on any atom is 0.416 e. The van der Waals surface area contributed by atoms with Crippen molar-refractivity contribution in [3.05, 3.63) is 35.4 Å². The molecule has 1 fully saturated rings. The van der Waals surface area contributed by atoms with Crippen molar-refractivity contribution in [3.8, 4) is 17.0 Å². The van der Waals surface area contributed by atoms with E-state index in [9.17, 15) is 18.3 Å². The lowest BCUT2D eigenvalue weighted by atomic mass is 10.0. The SMILES string of the molecule is Cc1cc(C(F)(F)F)cc(O)c1-c1ccc2[nH]c(N3CCNCC3)nc2n1. The molecular formula is C18H18F3N5O. The Morgan fingerprint density at radius 3 is 2.52 bits per heavy atom. The van der Waals surface area contributed by atoms with Crippen molar-refractivity contribution >= 4 is 17.1 Å². The van der Waals surface area contributed by atoms with E-state index in [0.717, 1.165) is 43.8 Å². The lowest BCUT2D eigenvalue weighted by Crippen LogP contribution is -2.44. The average molecular weight is 377 g/mol. The molecule has 0 saturated carbocycles. The van der Waals surface area contributed by atoms with Gasteiger partial charge in [0.1, 0.15) is 5.75 Å². The first-order valence-corrected chi connectivity index (χ1v) is 8.56. The number of aromatic nitrogens is 3. The Bertz CT molecular complexity index is 969. The number of anilines is 1. The van der Waals surface area contributed by atoms with Gasteiger partial charge in [-0.05, 0) is 36.8 Å². The number of piperazine rings is 1. The van der Waals surface area contributed by atoms with Crippen molar-refractivity contribution in [2.24, 2.45) is 0 Å².